The molecule has 2 heteroatoms. The van der Waals surface area contributed by atoms with Crippen molar-refractivity contribution in [3.8, 4) is 0 Å². The molecule has 1 aliphatic carbocycles. The normalized spacial score (nSPS) is 19.3. The molecule has 0 N–H and O–H groups in total. The summed E-state index contributed by atoms with van der Waals surface area (Å²) in [6, 6.07) is 25.0. The Morgan fingerprint density at radius 3 is 2.34 bits per heavy atom. The van der Waals surface area contributed by atoms with Gasteiger partial charge in [0.1, 0.15) is 0 Å². The third kappa shape index (κ3) is 3.44. The van der Waals surface area contributed by atoms with Gasteiger partial charge in [-0.15, -0.1) is 0 Å². The van der Waals surface area contributed by atoms with Gasteiger partial charge < -0.3 is 4.90 Å². The number of hydrogen-bond donors (Lipinski definition) is 0. The fourth-order valence-electron chi connectivity index (χ4n) is 5.45. The molecule has 0 aromatic heterocycles. The molecule has 32 heavy (non-hydrogen) atoms. The topological polar surface area (TPSA) is 3.24 Å². The van der Waals surface area contributed by atoms with Crippen LogP contribution in [0, 0.1) is 13.8 Å². The van der Waals surface area contributed by atoms with E-state index in [1.54, 1.807) is 0 Å². The number of allylic oxidation sites excluding steroid dienone is 3. The lowest BCUT2D eigenvalue weighted by molar-refractivity contribution is 0.760. The standard InChI is InChI=1S/C30H30BN/c1-20(2)25-8-6-7-9-26(25)31-27-18-22(4)12-16-29(27)32(24-14-10-21(3)11-15-24)30-17-13-23(5)19-28(30)31/h6-19,27,29H,1H2,2-5H3. The van der Waals surface area contributed by atoms with Gasteiger partial charge in [0.15, 0.2) is 0 Å². The summed E-state index contributed by atoms with van der Waals surface area (Å²) in [4.78, 5) is 2.54. The second-order valence-electron chi connectivity index (χ2n) is 9.45. The predicted molar refractivity (Wildman–Crippen MR) is 141 cm³/mol. The second-order valence-corrected chi connectivity index (χ2v) is 9.45. The van der Waals surface area contributed by atoms with Gasteiger partial charge >= 0.3 is 0 Å². The van der Waals surface area contributed by atoms with Gasteiger partial charge in [-0.2, -0.15) is 0 Å². The monoisotopic (exact) mass is 415 g/mol. The van der Waals surface area contributed by atoms with Crippen LogP contribution in [0.2, 0.25) is 5.82 Å². The van der Waals surface area contributed by atoms with Crippen molar-refractivity contribution in [3.63, 3.8) is 0 Å². The summed E-state index contributed by atoms with van der Waals surface area (Å²) in [6.45, 7) is 13.3. The van der Waals surface area contributed by atoms with Crippen LogP contribution in [-0.2, 0) is 0 Å². The summed E-state index contributed by atoms with van der Waals surface area (Å²) in [6.07, 6.45) is 7.17. The minimum Gasteiger partial charge on any atom is -0.335 e. The quantitative estimate of drug-likeness (QED) is 0.451. The lowest BCUT2D eigenvalue weighted by Crippen LogP contribution is -2.59. The maximum atomic E-state index is 4.30. The molecule has 158 valence electrons. The van der Waals surface area contributed by atoms with Crippen LogP contribution in [0.25, 0.3) is 5.57 Å². The zero-order valence-corrected chi connectivity index (χ0v) is 19.5. The number of fused-ring (bicyclic) bond motifs is 2. The Balaban J connectivity index is 1.79. The maximum Gasteiger partial charge on any atom is 0.222 e. The van der Waals surface area contributed by atoms with Crippen LogP contribution in [0.15, 0.2) is 97.1 Å². The summed E-state index contributed by atoms with van der Waals surface area (Å²) in [5, 5.41) is 0. The smallest absolute Gasteiger partial charge is 0.222 e. The molecule has 1 heterocycles. The van der Waals surface area contributed by atoms with Gasteiger partial charge in [0.05, 0.1) is 6.04 Å². The van der Waals surface area contributed by atoms with E-state index in [9.17, 15) is 0 Å². The van der Waals surface area contributed by atoms with Crippen molar-refractivity contribution in [2.75, 3.05) is 4.90 Å². The first-order chi connectivity index (χ1) is 15.4. The van der Waals surface area contributed by atoms with Gasteiger partial charge in [-0.25, -0.2) is 0 Å². The number of nitrogens with zero attached hydrogens (tertiary/aromatic N) is 1. The molecule has 2 atom stereocenters. The van der Waals surface area contributed by atoms with Crippen LogP contribution in [0.1, 0.15) is 30.5 Å². The molecule has 1 nitrogen and oxygen atoms in total. The van der Waals surface area contributed by atoms with Gasteiger partial charge in [0.25, 0.3) is 0 Å². The molecule has 0 fully saturated rings. The van der Waals surface area contributed by atoms with Gasteiger partial charge in [0.2, 0.25) is 6.71 Å². The van der Waals surface area contributed by atoms with Crippen molar-refractivity contribution in [3.05, 3.63) is 114 Å². The number of hydrogen-bond acceptors (Lipinski definition) is 1. The van der Waals surface area contributed by atoms with Crippen LogP contribution >= 0.6 is 0 Å². The van der Waals surface area contributed by atoms with Crippen molar-refractivity contribution < 1.29 is 0 Å². The van der Waals surface area contributed by atoms with Gasteiger partial charge in [-0.3, -0.25) is 0 Å². The molecule has 3 aromatic rings. The molecular formula is C30H30BN. The molecule has 0 amide bonds. The van der Waals surface area contributed by atoms with Crippen molar-refractivity contribution in [1.82, 2.24) is 0 Å². The average Bonchev–Trinajstić information content (AvgIpc) is 2.78. The molecule has 5 rings (SSSR count). The minimum absolute atomic E-state index is 0.264. The molecule has 2 aliphatic rings. The van der Waals surface area contributed by atoms with E-state index in [0.717, 1.165) is 5.57 Å². The van der Waals surface area contributed by atoms with Crippen molar-refractivity contribution in [2.24, 2.45) is 0 Å². The zero-order chi connectivity index (χ0) is 22.4. The van der Waals surface area contributed by atoms with Gasteiger partial charge in [-0.05, 0) is 62.7 Å². The molecular weight excluding hydrogens is 385 g/mol. The number of aryl methyl sites for hydroxylation is 2. The van der Waals surface area contributed by atoms with E-state index >= 15 is 0 Å². The molecule has 0 radical (unpaired) electrons. The van der Waals surface area contributed by atoms with Crippen LogP contribution in [0.5, 0.6) is 0 Å². The number of benzene rings is 3. The minimum atomic E-state index is 0.264. The first-order valence-electron chi connectivity index (χ1n) is 11.5. The first kappa shape index (κ1) is 20.6. The fraction of sp³-hybridized carbons (Fsp3) is 0.200. The number of anilines is 2. The van der Waals surface area contributed by atoms with Gasteiger partial charge in [-0.1, -0.05) is 101 Å². The zero-order valence-electron chi connectivity index (χ0n) is 19.5. The lowest BCUT2D eigenvalue weighted by atomic mass is 9.29. The Hall–Kier alpha value is -3.26. The number of rotatable bonds is 3. The Morgan fingerprint density at radius 2 is 1.59 bits per heavy atom. The molecule has 2 unspecified atom stereocenters. The maximum absolute atomic E-state index is 4.30. The Bertz CT molecular complexity index is 1250. The summed E-state index contributed by atoms with van der Waals surface area (Å²) >= 11 is 0. The Kier molecular flexibility index (Phi) is 5.17. The van der Waals surface area contributed by atoms with E-state index in [2.05, 4.69) is 124 Å². The van der Waals surface area contributed by atoms with E-state index in [1.807, 2.05) is 0 Å². The lowest BCUT2D eigenvalue weighted by Gasteiger charge is -2.46. The summed E-state index contributed by atoms with van der Waals surface area (Å²) in [7, 11) is 0. The molecule has 0 spiro atoms. The van der Waals surface area contributed by atoms with Crippen molar-refractivity contribution >= 4 is 34.6 Å². The average molecular weight is 415 g/mol. The highest BCUT2D eigenvalue weighted by Crippen LogP contribution is 2.42. The SMILES string of the molecule is C=C(C)c1ccccc1B1c2cc(C)ccc2N(c2ccc(C)cc2)C2C=CC(C)=CC12. The van der Waals surface area contributed by atoms with E-state index in [1.165, 1.54) is 44.6 Å². The highest BCUT2D eigenvalue weighted by Gasteiger charge is 2.44. The molecule has 3 aromatic carbocycles. The largest absolute Gasteiger partial charge is 0.335 e. The third-order valence-electron chi connectivity index (χ3n) is 6.93. The Morgan fingerprint density at radius 1 is 0.875 bits per heavy atom. The molecule has 0 saturated heterocycles. The second kappa shape index (κ2) is 8.02. The van der Waals surface area contributed by atoms with Crippen LogP contribution < -0.4 is 15.8 Å². The molecule has 1 aliphatic heterocycles. The van der Waals surface area contributed by atoms with Crippen LogP contribution in [0.3, 0.4) is 0 Å². The summed E-state index contributed by atoms with van der Waals surface area (Å²) in [5.74, 6) is 0.344. The van der Waals surface area contributed by atoms with E-state index in [0.29, 0.717) is 5.82 Å². The van der Waals surface area contributed by atoms with Crippen molar-refractivity contribution in [2.45, 2.75) is 39.6 Å². The van der Waals surface area contributed by atoms with E-state index in [4.69, 9.17) is 0 Å². The van der Waals surface area contributed by atoms with E-state index in [-0.39, 0.29) is 12.8 Å². The van der Waals surface area contributed by atoms with Crippen LogP contribution in [-0.4, -0.2) is 12.8 Å². The van der Waals surface area contributed by atoms with Gasteiger partial charge in [0, 0.05) is 11.4 Å². The predicted octanol–water partition coefficient (Wildman–Crippen LogP) is 6.35. The van der Waals surface area contributed by atoms with Crippen molar-refractivity contribution in [1.29, 1.82) is 0 Å². The molecule has 0 saturated carbocycles. The third-order valence-corrected chi connectivity index (χ3v) is 6.93. The Labute approximate surface area is 192 Å². The first-order valence-corrected chi connectivity index (χ1v) is 11.5. The van der Waals surface area contributed by atoms with E-state index < -0.39 is 0 Å². The summed E-state index contributed by atoms with van der Waals surface area (Å²) < 4.78 is 0. The fourth-order valence-corrected chi connectivity index (χ4v) is 5.45. The summed E-state index contributed by atoms with van der Waals surface area (Å²) in [5.41, 5.74) is 11.7. The highest BCUT2D eigenvalue weighted by molar-refractivity contribution is 6.89. The highest BCUT2D eigenvalue weighted by atomic mass is 15.2. The van der Waals surface area contributed by atoms with Crippen LogP contribution in [0.4, 0.5) is 11.4 Å². The molecule has 0 bridgehead atoms.